The average molecular weight is 746 g/mol. The number of furan rings is 1. The summed E-state index contributed by atoms with van der Waals surface area (Å²) in [6.07, 6.45) is 1.67. The molecule has 0 N–H and O–H groups in total. The van der Waals surface area contributed by atoms with E-state index in [1.54, 1.807) is 6.33 Å². The zero-order chi connectivity index (χ0) is 37.5. The van der Waals surface area contributed by atoms with Crippen LogP contribution in [-0.4, -0.2) is 14.5 Å². The second kappa shape index (κ2) is 12.6. The highest BCUT2D eigenvalue weighted by Gasteiger charge is 2.21. The van der Waals surface area contributed by atoms with Crippen LogP contribution >= 0.6 is 11.3 Å². The summed E-state index contributed by atoms with van der Waals surface area (Å²) in [5.41, 5.74) is 14.8. The molecule has 0 fully saturated rings. The predicted molar refractivity (Wildman–Crippen MR) is 238 cm³/mol. The fourth-order valence-corrected chi connectivity index (χ4v) is 9.96. The quantitative estimate of drug-likeness (QED) is 0.176. The molecule has 4 aromatic heterocycles. The number of benzene rings is 8. The van der Waals surface area contributed by atoms with E-state index in [0.717, 1.165) is 44.6 Å². The van der Waals surface area contributed by atoms with Gasteiger partial charge in [0.2, 0.25) is 0 Å². The Bertz CT molecular complexity index is 3510. The summed E-state index contributed by atoms with van der Waals surface area (Å²) in [4.78, 5) is 9.69. The molecule has 4 nitrogen and oxygen atoms in total. The molecule has 0 radical (unpaired) electrons. The van der Waals surface area contributed by atoms with Crippen LogP contribution in [0.15, 0.2) is 193 Å². The molecule has 0 amide bonds. The Labute approximate surface area is 331 Å². The first-order valence-corrected chi connectivity index (χ1v) is 20.0. The van der Waals surface area contributed by atoms with Crippen molar-refractivity contribution in [3.8, 4) is 50.3 Å². The molecule has 0 aliphatic heterocycles. The van der Waals surface area contributed by atoms with Crippen molar-refractivity contribution < 1.29 is 4.42 Å². The normalized spacial score (nSPS) is 11.9. The first-order chi connectivity index (χ1) is 28.3. The van der Waals surface area contributed by atoms with Crippen LogP contribution in [0.4, 0.5) is 0 Å². The number of hydrogen-bond acceptors (Lipinski definition) is 4. The van der Waals surface area contributed by atoms with E-state index in [2.05, 4.69) is 180 Å². The van der Waals surface area contributed by atoms with Crippen molar-refractivity contribution in [2.45, 2.75) is 0 Å². The molecule has 57 heavy (non-hydrogen) atoms. The fraction of sp³-hybridized carbons (Fsp3) is 0. The van der Waals surface area contributed by atoms with Crippen molar-refractivity contribution in [1.29, 1.82) is 0 Å². The van der Waals surface area contributed by atoms with Gasteiger partial charge in [-0.25, -0.2) is 9.97 Å². The minimum Gasteiger partial charge on any atom is -0.452 e. The van der Waals surface area contributed by atoms with Gasteiger partial charge >= 0.3 is 0 Å². The SMILES string of the molecule is c1ccc(-c2ccc(-c3ccc4oc5c(-c6cccc7sc8c(-c9ccc%10c%11ccccc%11n(-c%11ccccc%11)c%10c9)cccc8c67)ncnc5c4c3)cc2)cc1. The lowest BCUT2D eigenvalue weighted by Gasteiger charge is -2.09. The predicted octanol–water partition coefficient (Wildman–Crippen LogP) is 14.5. The molecule has 4 heterocycles. The van der Waals surface area contributed by atoms with Crippen LogP contribution in [0.1, 0.15) is 0 Å². The van der Waals surface area contributed by atoms with Crippen molar-refractivity contribution in [2.75, 3.05) is 0 Å². The van der Waals surface area contributed by atoms with Crippen LogP contribution in [-0.2, 0) is 0 Å². The van der Waals surface area contributed by atoms with Gasteiger partial charge in [-0.3, -0.25) is 0 Å². The van der Waals surface area contributed by atoms with Crippen molar-refractivity contribution >= 4 is 75.4 Å². The second-order valence-electron chi connectivity index (χ2n) is 14.5. The summed E-state index contributed by atoms with van der Waals surface area (Å²) in [5.74, 6) is 0. The smallest absolute Gasteiger partial charge is 0.180 e. The molecule has 0 bridgehead atoms. The zero-order valence-corrected chi connectivity index (χ0v) is 31.4. The maximum atomic E-state index is 6.63. The van der Waals surface area contributed by atoms with Crippen molar-refractivity contribution in [2.24, 2.45) is 0 Å². The Morgan fingerprint density at radius 1 is 0.456 bits per heavy atom. The van der Waals surface area contributed by atoms with Gasteiger partial charge in [-0.05, 0) is 75.8 Å². The number of fused-ring (bicyclic) bond motifs is 9. The largest absolute Gasteiger partial charge is 0.452 e. The van der Waals surface area contributed by atoms with Crippen molar-refractivity contribution in [1.82, 2.24) is 14.5 Å². The minimum atomic E-state index is 0.700. The van der Waals surface area contributed by atoms with E-state index < -0.39 is 0 Å². The third-order valence-electron chi connectivity index (χ3n) is 11.4. The standard InChI is InChI=1S/C52H31N3OS/c1-3-11-32(12-4-1)33-21-23-34(24-22-33)35-26-28-46-43(29-35)50-51(56-46)49(53-31-54-50)41-17-10-20-47-48(41)42-18-9-16-38(52(42)57-47)36-25-27-40-39-15-7-8-19-44(39)55(45(40)30-36)37-13-5-2-6-14-37/h1-31H. The van der Waals surface area contributed by atoms with E-state index in [4.69, 9.17) is 14.4 Å². The molecule has 5 heteroatoms. The van der Waals surface area contributed by atoms with Gasteiger partial charge in [0.05, 0.1) is 11.0 Å². The molecule has 0 spiro atoms. The lowest BCUT2D eigenvalue weighted by Crippen LogP contribution is -1.93. The van der Waals surface area contributed by atoms with E-state index >= 15 is 0 Å². The lowest BCUT2D eigenvalue weighted by atomic mass is 9.98. The van der Waals surface area contributed by atoms with Crippen LogP contribution in [0.2, 0.25) is 0 Å². The Balaban J connectivity index is 0.992. The van der Waals surface area contributed by atoms with Crippen molar-refractivity contribution in [3.63, 3.8) is 0 Å². The lowest BCUT2D eigenvalue weighted by molar-refractivity contribution is 0.667. The van der Waals surface area contributed by atoms with E-state index in [1.165, 1.54) is 64.2 Å². The Hall–Kier alpha value is -7.34. The first kappa shape index (κ1) is 32.0. The van der Waals surface area contributed by atoms with Gasteiger partial charge in [0.15, 0.2) is 5.58 Å². The maximum Gasteiger partial charge on any atom is 0.180 e. The van der Waals surface area contributed by atoms with Gasteiger partial charge in [0.25, 0.3) is 0 Å². The number of hydrogen-bond donors (Lipinski definition) is 0. The second-order valence-corrected chi connectivity index (χ2v) is 15.6. The molecule has 0 atom stereocenters. The zero-order valence-electron chi connectivity index (χ0n) is 30.6. The molecule has 12 rings (SSSR count). The van der Waals surface area contributed by atoms with E-state index in [0.29, 0.717) is 5.58 Å². The topological polar surface area (TPSA) is 43.9 Å². The molecule has 0 aliphatic carbocycles. The van der Waals surface area contributed by atoms with Gasteiger partial charge in [0.1, 0.15) is 23.1 Å². The van der Waals surface area contributed by atoms with Gasteiger partial charge in [-0.2, -0.15) is 0 Å². The number of rotatable bonds is 5. The van der Waals surface area contributed by atoms with E-state index in [9.17, 15) is 0 Å². The van der Waals surface area contributed by atoms with Crippen LogP contribution in [0.5, 0.6) is 0 Å². The summed E-state index contributed by atoms with van der Waals surface area (Å²) in [5, 5.41) is 5.86. The van der Waals surface area contributed by atoms with Gasteiger partial charge in [-0.15, -0.1) is 11.3 Å². The van der Waals surface area contributed by atoms with E-state index in [1.807, 2.05) is 17.4 Å². The highest BCUT2D eigenvalue weighted by molar-refractivity contribution is 7.26. The number of thiophene rings is 1. The Morgan fingerprint density at radius 3 is 1.98 bits per heavy atom. The Morgan fingerprint density at radius 2 is 1.12 bits per heavy atom. The van der Waals surface area contributed by atoms with Crippen LogP contribution in [0.25, 0.3) is 114 Å². The summed E-state index contributed by atoms with van der Waals surface area (Å²) in [6, 6.07) is 65.0. The number of nitrogens with zero attached hydrogens (tertiary/aromatic N) is 3. The summed E-state index contributed by atoms with van der Waals surface area (Å²) < 4.78 is 11.5. The van der Waals surface area contributed by atoms with Crippen LogP contribution < -0.4 is 0 Å². The molecule has 0 unspecified atom stereocenters. The number of aromatic nitrogens is 3. The molecule has 8 aromatic carbocycles. The molecule has 0 saturated carbocycles. The highest BCUT2D eigenvalue weighted by atomic mass is 32.1. The number of para-hydroxylation sites is 2. The van der Waals surface area contributed by atoms with Crippen LogP contribution in [0, 0.1) is 0 Å². The highest BCUT2D eigenvalue weighted by Crippen LogP contribution is 2.46. The van der Waals surface area contributed by atoms with Gasteiger partial charge in [-0.1, -0.05) is 140 Å². The monoisotopic (exact) mass is 745 g/mol. The molecule has 0 saturated heterocycles. The molecule has 0 aliphatic rings. The van der Waals surface area contributed by atoms with Crippen molar-refractivity contribution in [3.05, 3.63) is 188 Å². The molecular weight excluding hydrogens is 715 g/mol. The molecule has 266 valence electrons. The van der Waals surface area contributed by atoms with Gasteiger partial charge in [0, 0.05) is 47.6 Å². The summed E-state index contributed by atoms with van der Waals surface area (Å²) in [7, 11) is 0. The molecular formula is C52H31N3OS. The summed E-state index contributed by atoms with van der Waals surface area (Å²) >= 11 is 1.83. The van der Waals surface area contributed by atoms with E-state index in [-0.39, 0.29) is 0 Å². The van der Waals surface area contributed by atoms with Gasteiger partial charge < -0.3 is 8.98 Å². The fourth-order valence-electron chi connectivity index (χ4n) is 8.70. The first-order valence-electron chi connectivity index (χ1n) is 19.1. The maximum absolute atomic E-state index is 6.63. The third-order valence-corrected chi connectivity index (χ3v) is 12.6. The summed E-state index contributed by atoms with van der Waals surface area (Å²) in [6.45, 7) is 0. The molecule has 12 aromatic rings. The van der Waals surface area contributed by atoms with Crippen LogP contribution in [0.3, 0.4) is 0 Å². The Kier molecular flexibility index (Phi) is 7.06. The third kappa shape index (κ3) is 4.99. The minimum absolute atomic E-state index is 0.700. The average Bonchev–Trinajstić information content (AvgIpc) is 3.96.